The summed E-state index contributed by atoms with van der Waals surface area (Å²) in [7, 11) is 0. The molecule has 0 aliphatic carbocycles. The van der Waals surface area contributed by atoms with Crippen LogP contribution in [0.25, 0.3) is 17.0 Å². The average molecular weight is 316 g/mol. The number of pyridine rings is 1. The van der Waals surface area contributed by atoms with E-state index in [9.17, 15) is 0 Å². The van der Waals surface area contributed by atoms with Gasteiger partial charge in [0.1, 0.15) is 17.0 Å². The number of rotatable bonds is 2. The second-order valence-corrected chi connectivity index (χ2v) is 5.47. The monoisotopic (exact) mass is 315 g/mol. The Morgan fingerprint density at radius 3 is 3.09 bits per heavy atom. The summed E-state index contributed by atoms with van der Waals surface area (Å²) in [6.45, 7) is 2.35. The van der Waals surface area contributed by atoms with Gasteiger partial charge in [0.15, 0.2) is 5.65 Å². The van der Waals surface area contributed by atoms with Gasteiger partial charge in [-0.05, 0) is 24.3 Å². The fourth-order valence-electron chi connectivity index (χ4n) is 2.55. The first-order chi connectivity index (χ1) is 10.8. The van der Waals surface area contributed by atoms with E-state index in [1.807, 2.05) is 24.3 Å². The minimum atomic E-state index is -0.0237. The summed E-state index contributed by atoms with van der Waals surface area (Å²) in [5.74, 6) is 0. The Balaban J connectivity index is 1.76. The van der Waals surface area contributed by atoms with Crippen LogP contribution in [0.1, 0.15) is 11.8 Å². The second-order valence-electron chi connectivity index (χ2n) is 5.08. The Hall–Kier alpha value is -2.02. The lowest BCUT2D eigenvalue weighted by molar-refractivity contribution is 0.0251. The molecule has 1 N–H and O–H groups in total. The van der Waals surface area contributed by atoms with Crippen LogP contribution in [0, 0.1) is 0 Å². The van der Waals surface area contributed by atoms with E-state index in [1.54, 1.807) is 16.8 Å². The van der Waals surface area contributed by atoms with Gasteiger partial charge in [0, 0.05) is 13.1 Å². The van der Waals surface area contributed by atoms with Crippen LogP contribution in [0.2, 0.25) is 5.15 Å². The molecule has 1 aliphatic heterocycles. The van der Waals surface area contributed by atoms with Gasteiger partial charge in [0.2, 0.25) is 0 Å². The summed E-state index contributed by atoms with van der Waals surface area (Å²) in [6.07, 6.45) is 1.73. The lowest BCUT2D eigenvalue weighted by Gasteiger charge is -2.23. The molecule has 1 fully saturated rings. The number of halogens is 1. The van der Waals surface area contributed by atoms with E-state index < -0.39 is 0 Å². The summed E-state index contributed by atoms with van der Waals surface area (Å²) in [4.78, 5) is 9.05. The summed E-state index contributed by atoms with van der Waals surface area (Å²) in [6, 6.07) is 9.44. The molecule has 0 radical (unpaired) electrons. The SMILES string of the molecule is Clc1ccc2ncc(-c3cccc([C@@H]4CNCCO4)n3)n2n1. The minimum Gasteiger partial charge on any atom is -0.369 e. The normalized spacial score (nSPS) is 18.7. The Labute approximate surface area is 132 Å². The molecule has 6 nitrogen and oxygen atoms in total. The Morgan fingerprint density at radius 1 is 1.27 bits per heavy atom. The first-order valence-electron chi connectivity index (χ1n) is 7.11. The maximum atomic E-state index is 5.98. The first-order valence-corrected chi connectivity index (χ1v) is 7.49. The quantitative estimate of drug-likeness (QED) is 0.784. The number of hydrogen-bond donors (Lipinski definition) is 1. The number of nitrogens with zero attached hydrogens (tertiary/aromatic N) is 4. The van der Waals surface area contributed by atoms with Gasteiger partial charge in [-0.25, -0.2) is 14.5 Å². The van der Waals surface area contributed by atoms with Gasteiger partial charge in [-0.1, -0.05) is 17.7 Å². The Bertz CT molecular complexity index is 813. The molecule has 3 aromatic rings. The van der Waals surface area contributed by atoms with Gasteiger partial charge in [-0.2, -0.15) is 5.10 Å². The number of morpholine rings is 1. The molecule has 0 unspecified atom stereocenters. The predicted molar refractivity (Wildman–Crippen MR) is 82.8 cm³/mol. The van der Waals surface area contributed by atoms with E-state index in [0.29, 0.717) is 11.8 Å². The van der Waals surface area contributed by atoms with Crippen molar-refractivity contribution in [2.45, 2.75) is 6.10 Å². The maximum absolute atomic E-state index is 5.98. The van der Waals surface area contributed by atoms with Crippen molar-refractivity contribution in [3.8, 4) is 11.4 Å². The molecule has 4 rings (SSSR count). The van der Waals surface area contributed by atoms with Crippen molar-refractivity contribution in [2.24, 2.45) is 0 Å². The molecule has 112 valence electrons. The zero-order valence-electron chi connectivity index (χ0n) is 11.7. The predicted octanol–water partition coefficient (Wildman–Crippen LogP) is 2.11. The van der Waals surface area contributed by atoms with E-state index in [2.05, 4.69) is 15.4 Å². The molecule has 0 amide bonds. The number of aromatic nitrogens is 4. The molecule has 0 spiro atoms. The Kier molecular flexibility index (Phi) is 3.49. The molecule has 1 saturated heterocycles. The van der Waals surface area contributed by atoms with E-state index in [1.165, 1.54) is 0 Å². The van der Waals surface area contributed by atoms with Gasteiger partial charge in [0.25, 0.3) is 0 Å². The maximum Gasteiger partial charge on any atom is 0.154 e. The van der Waals surface area contributed by atoms with Gasteiger partial charge < -0.3 is 10.1 Å². The van der Waals surface area contributed by atoms with Gasteiger partial charge in [-0.3, -0.25) is 0 Å². The molecule has 1 aliphatic rings. The third kappa shape index (κ3) is 2.45. The highest BCUT2D eigenvalue weighted by atomic mass is 35.5. The molecule has 3 aromatic heterocycles. The van der Waals surface area contributed by atoms with Crippen molar-refractivity contribution in [2.75, 3.05) is 19.7 Å². The Morgan fingerprint density at radius 2 is 2.23 bits per heavy atom. The number of fused-ring (bicyclic) bond motifs is 1. The topological polar surface area (TPSA) is 64.3 Å². The van der Waals surface area contributed by atoms with Gasteiger partial charge in [-0.15, -0.1) is 0 Å². The van der Waals surface area contributed by atoms with Crippen LogP contribution < -0.4 is 5.32 Å². The minimum absolute atomic E-state index is 0.0237. The number of ether oxygens (including phenoxy) is 1. The van der Waals surface area contributed by atoms with Gasteiger partial charge >= 0.3 is 0 Å². The van der Waals surface area contributed by atoms with Crippen molar-refractivity contribution >= 4 is 17.2 Å². The van der Waals surface area contributed by atoms with E-state index in [-0.39, 0.29) is 6.10 Å². The van der Waals surface area contributed by atoms with E-state index >= 15 is 0 Å². The highest BCUT2D eigenvalue weighted by molar-refractivity contribution is 6.29. The van der Waals surface area contributed by atoms with E-state index in [0.717, 1.165) is 35.8 Å². The molecule has 1 atom stereocenters. The van der Waals surface area contributed by atoms with Gasteiger partial charge in [0.05, 0.1) is 24.2 Å². The van der Waals surface area contributed by atoms with Crippen molar-refractivity contribution in [1.29, 1.82) is 0 Å². The van der Waals surface area contributed by atoms with Crippen LogP contribution >= 0.6 is 11.6 Å². The highest BCUT2D eigenvalue weighted by Gasteiger charge is 2.18. The molecule has 0 saturated carbocycles. The fourth-order valence-corrected chi connectivity index (χ4v) is 2.69. The standard InChI is InChI=1S/C15H14ClN5O/c16-14-4-5-15-18-8-12(21(15)20-14)10-2-1-3-11(19-10)13-9-17-6-7-22-13/h1-5,8,13,17H,6-7,9H2/t13-/m0/s1. The third-order valence-electron chi connectivity index (χ3n) is 3.62. The largest absolute Gasteiger partial charge is 0.369 e. The summed E-state index contributed by atoms with van der Waals surface area (Å²) >= 11 is 5.98. The van der Waals surface area contributed by atoms with Crippen LogP contribution in [0.15, 0.2) is 36.5 Å². The summed E-state index contributed by atoms with van der Waals surface area (Å²) in [5, 5.41) is 8.02. The van der Waals surface area contributed by atoms with Crippen LogP contribution in [0.4, 0.5) is 0 Å². The molecule has 0 aromatic carbocycles. The molecule has 22 heavy (non-hydrogen) atoms. The zero-order valence-corrected chi connectivity index (χ0v) is 12.5. The number of nitrogens with one attached hydrogen (secondary N) is 1. The molecular formula is C15H14ClN5O. The second kappa shape index (κ2) is 5.64. The van der Waals surface area contributed by atoms with Crippen molar-refractivity contribution < 1.29 is 4.74 Å². The molecule has 4 heterocycles. The number of imidazole rings is 1. The average Bonchev–Trinajstić information content (AvgIpc) is 2.99. The van der Waals surface area contributed by atoms with Crippen molar-refractivity contribution in [3.05, 3.63) is 47.4 Å². The van der Waals surface area contributed by atoms with Crippen molar-refractivity contribution in [1.82, 2.24) is 24.9 Å². The fraction of sp³-hybridized carbons (Fsp3) is 0.267. The lowest BCUT2D eigenvalue weighted by Crippen LogP contribution is -2.33. The van der Waals surface area contributed by atoms with Crippen LogP contribution in [0.3, 0.4) is 0 Å². The summed E-state index contributed by atoms with van der Waals surface area (Å²) < 4.78 is 7.46. The third-order valence-corrected chi connectivity index (χ3v) is 3.82. The smallest absolute Gasteiger partial charge is 0.154 e. The highest BCUT2D eigenvalue weighted by Crippen LogP contribution is 2.23. The lowest BCUT2D eigenvalue weighted by atomic mass is 10.2. The zero-order chi connectivity index (χ0) is 14.9. The molecule has 0 bridgehead atoms. The molecule has 7 heteroatoms. The van der Waals surface area contributed by atoms with Crippen LogP contribution in [0.5, 0.6) is 0 Å². The van der Waals surface area contributed by atoms with Crippen LogP contribution in [-0.2, 0) is 4.74 Å². The van der Waals surface area contributed by atoms with Crippen molar-refractivity contribution in [3.63, 3.8) is 0 Å². The number of hydrogen-bond acceptors (Lipinski definition) is 5. The molecular weight excluding hydrogens is 302 g/mol. The van der Waals surface area contributed by atoms with Crippen LogP contribution in [-0.4, -0.2) is 39.3 Å². The van der Waals surface area contributed by atoms with E-state index in [4.69, 9.17) is 21.3 Å². The first kappa shape index (κ1) is 13.6. The summed E-state index contributed by atoms with van der Waals surface area (Å²) in [5.41, 5.74) is 3.25.